The van der Waals surface area contributed by atoms with Gasteiger partial charge < -0.3 is 20.3 Å². The van der Waals surface area contributed by atoms with Crippen molar-refractivity contribution in [2.45, 2.75) is 83.3 Å². The van der Waals surface area contributed by atoms with Gasteiger partial charge >= 0.3 is 0 Å². The average Bonchev–Trinajstić information content (AvgIpc) is 2.93. The van der Waals surface area contributed by atoms with Gasteiger partial charge in [-0.15, -0.1) is 0 Å². The molecule has 6 heteroatoms. The number of nitrogens with one attached hydrogen (secondary N) is 2. The molecule has 2 aromatic carbocycles. The number of amides is 2. The van der Waals surface area contributed by atoms with E-state index in [-0.39, 0.29) is 35.9 Å². The molecular weight excluding hydrogens is 462 g/mol. The van der Waals surface area contributed by atoms with Gasteiger partial charge in [-0.2, -0.15) is 0 Å². The molecule has 37 heavy (non-hydrogen) atoms. The number of carbonyl (C=O) groups excluding carboxylic acids is 2. The highest BCUT2D eigenvalue weighted by molar-refractivity contribution is 5.97. The van der Waals surface area contributed by atoms with Crippen LogP contribution in [0.25, 0.3) is 0 Å². The monoisotopic (exact) mass is 503 g/mol. The number of fused-ring (bicyclic) bond motifs is 4. The van der Waals surface area contributed by atoms with Crippen molar-refractivity contribution in [3.8, 4) is 5.75 Å². The van der Waals surface area contributed by atoms with Crippen LogP contribution in [0.1, 0.15) is 97.9 Å². The third-order valence-electron chi connectivity index (χ3n) is 8.39. The van der Waals surface area contributed by atoms with Gasteiger partial charge in [-0.1, -0.05) is 56.5 Å². The number of piperidine rings is 2. The summed E-state index contributed by atoms with van der Waals surface area (Å²) in [6, 6.07) is 14.1. The van der Waals surface area contributed by atoms with Gasteiger partial charge in [0.1, 0.15) is 5.75 Å². The maximum absolute atomic E-state index is 13.8. The Morgan fingerprint density at radius 3 is 2.84 bits per heavy atom. The summed E-state index contributed by atoms with van der Waals surface area (Å²) in [5.41, 5.74) is 3.88. The minimum atomic E-state index is -0.125. The van der Waals surface area contributed by atoms with Crippen LogP contribution in [-0.4, -0.2) is 42.5 Å². The Morgan fingerprint density at radius 1 is 1.19 bits per heavy atom. The molecule has 6 nitrogen and oxygen atoms in total. The van der Waals surface area contributed by atoms with Gasteiger partial charge in [-0.25, -0.2) is 0 Å². The zero-order chi connectivity index (χ0) is 25.8. The fraction of sp³-hybridized carbons (Fsp3) is 0.548. The number of nitrogens with zero attached hydrogens (tertiary/aromatic N) is 1. The second-order valence-electron chi connectivity index (χ2n) is 10.9. The Hall–Kier alpha value is -2.86. The number of hydrogen-bond donors (Lipinski definition) is 2. The van der Waals surface area contributed by atoms with Crippen molar-refractivity contribution in [3.63, 3.8) is 0 Å². The van der Waals surface area contributed by atoms with Crippen LogP contribution >= 0.6 is 0 Å². The van der Waals surface area contributed by atoms with Gasteiger partial charge in [0.2, 0.25) is 5.91 Å². The lowest BCUT2D eigenvalue weighted by Crippen LogP contribution is -2.58. The molecule has 0 aromatic heterocycles. The van der Waals surface area contributed by atoms with Crippen molar-refractivity contribution >= 4 is 11.8 Å². The van der Waals surface area contributed by atoms with Crippen LogP contribution < -0.4 is 15.4 Å². The molecule has 2 saturated heterocycles. The van der Waals surface area contributed by atoms with Crippen molar-refractivity contribution in [1.29, 1.82) is 0 Å². The number of unbranched alkanes of at least 4 members (excludes halogenated alkanes) is 3. The minimum Gasteiger partial charge on any atom is -0.494 e. The van der Waals surface area contributed by atoms with E-state index in [4.69, 9.17) is 4.74 Å². The number of hydrogen-bond acceptors (Lipinski definition) is 4. The van der Waals surface area contributed by atoms with Gasteiger partial charge in [-0.3, -0.25) is 9.59 Å². The summed E-state index contributed by atoms with van der Waals surface area (Å²) >= 11 is 0. The summed E-state index contributed by atoms with van der Waals surface area (Å²) in [5.74, 6) is 0.973. The Morgan fingerprint density at radius 2 is 2.03 bits per heavy atom. The Labute approximate surface area is 221 Å². The Kier molecular flexibility index (Phi) is 8.14. The van der Waals surface area contributed by atoms with Crippen molar-refractivity contribution in [3.05, 3.63) is 64.7 Å². The molecule has 2 aromatic rings. The zero-order valence-electron chi connectivity index (χ0n) is 22.3. The second kappa shape index (κ2) is 11.7. The number of ether oxygens (including phenoxy) is 1. The predicted octanol–water partition coefficient (Wildman–Crippen LogP) is 5.33. The van der Waals surface area contributed by atoms with Crippen molar-refractivity contribution in [1.82, 2.24) is 15.5 Å². The molecule has 5 rings (SSSR count). The van der Waals surface area contributed by atoms with E-state index in [0.717, 1.165) is 67.5 Å². The van der Waals surface area contributed by atoms with Crippen LogP contribution in [-0.2, 0) is 11.2 Å². The second-order valence-corrected chi connectivity index (χ2v) is 10.9. The molecule has 0 radical (unpaired) electrons. The maximum atomic E-state index is 13.8. The third-order valence-corrected chi connectivity index (χ3v) is 8.39. The zero-order valence-corrected chi connectivity index (χ0v) is 22.3. The van der Waals surface area contributed by atoms with Gasteiger partial charge in [0, 0.05) is 18.2 Å². The van der Waals surface area contributed by atoms with E-state index in [1.165, 1.54) is 12.8 Å². The van der Waals surface area contributed by atoms with Crippen molar-refractivity contribution < 1.29 is 14.3 Å². The first-order valence-electron chi connectivity index (χ1n) is 14.3. The minimum absolute atomic E-state index is 0.0626. The molecule has 4 atom stereocenters. The Bertz CT molecular complexity index is 1100. The fourth-order valence-corrected chi connectivity index (χ4v) is 6.38. The summed E-state index contributed by atoms with van der Waals surface area (Å²) in [5, 5.41) is 6.82. The average molecular weight is 504 g/mol. The van der Waals surface area contributed by atoms with E-state index in [2.05, 4.69) is 28.5 Å². The number of benzene rings is 2. The lowest BCUT2D eigenvalue weighted by molar-refractivity contribution is -0.145. The standard InChI is InChI=1S/C31H41N3O3/c1-3-4-5-9-17-37-24-18-23-14-16-34-28(20-27-25(31(34)36)13-10-15-32-27)29(23)26(19-24)30(35)33-21(2)22-11-7-6-8-12-22/h6-8,11-12,18-19,21,25,27-28,32H,3-5,9-10,13-17,20H2,1-2H3,(H,33,35)/t21-,25-,27-,28+/m1/s1. The molecule has 0 aliphatic carbocycles. The SMILES string of the molecule is CCCCCCOc1cc2c(c(C(=O)N[C@H](C)c3ccccc3)c1)[C@@H]1C[C@H]3NCCC[C@H]3C(=O)N1CC2. The van der Waals surface area contributed by atoms with E-state index < -0.39 is 0 Å². The molecule has 0 bridgehead atoms. The normalized spacial score (nSPS) is 23.5. The van der Waals surface area contributed by atoms with Gasteiger partial charge in [-0.05, 0) is 74.4 Å². The fourth-order valence-electron chi connectivity index (χ4n) is 6.38. The summed E-state index contributed by atoms with van der Waals surface area (Å²) < 4.78 is 6.17. The van der Waals surface area contributed by atoms with E-state index in [0.29, 0.717) is 18.7 Å². The predicted molar refractivity (Wildman–Crippen MR) is 146 cm³/mol. The molecule has 0 saturated carbocycles. The highest BCUT2D eigenvalue weighted by atomic mass is 16.5. The summed E-state index contributed by atoms with van der Waals surface area (Å²) in [6.07, 6.45) is 8.18. The molecule has 2 amide bonds. The smallest absolute Gasteiger partial charge is 0.252 e. The molecule has 0 spiro atoms. The van der Waals surface area contributed by atoms with Crippen LogP contribution in [0.5, 0.6) is 5.75 Å². The molecular formula is C31H41N3O3. The lowest BCUT2D eigenvalue weighted by Gasteiger charge is -2.48. The summed E-state index contributed by atoms with van der Waals surface area (Å²) in [4.78, 5) is 29.4. The topological polar surface area (TPSA) is 70.7 Å². The van der Waals surface area contributed by atoms with Crippen molar-refractivity contribution in [2.75, 3.05) is 19.7 Å². The summed E-state index contributed by atoms with van der Waals surface area (Å²) in [7, 11) is 0. The molecule has 3 heterocycles. The molecule has 3 aliphatic heterocycles. The highest BCUT2D eigenvalue weighted by Gasteiger charge is 2.46. The van der Waals surface area contributed by atoms with Crippen molar-refractivity contribution in [2.24, 2.45) is 5.92 Å². The quantitative estimate of drug-likeness (QED) is 0.454. The summed E-state index contributed by atoms with van der Waals surface area (Å²) in [6.45, 7) is 6.54. The number of rotatable bonds is 9. The van der Waals surface area contributed by atoms with Crippen LogP contribution in [0.3, 0.4) is 0 Å². The first-order chi connectivity index (χ1) is 18.1. The molecule has 3 aliphatic rings. The first-order valence-corrected chi connectivity index (χ1v) is 14.3. The highest BCUT2D eigenvalue weighted by Crippen LogP contribution is 2.44. The van der Waals surface area contributed by atoms with E-state index >= 15 is 0 Å². The lowest BCUT2D eigenvalue weighted by atomic mass is 9.75. The van der Waals surface area contributed by atoms with Gasteiger partial charge in [0.15, 0.2) is 0 Å². The van der Waals surface area contributed by atoms with Crippen LogP contribution in [0, 0.1) is 5.92 Å². The van der Waals surface area contributed by atoms with Crippen LogP contribution in [0.2, 0.25) is 0 Å². The largest absolute Gasteiger partial charge is 0.494 e. The van der Waals surface area contributed by atoms with Crippen LogP contribution in [0.15, 0.2) is 42.5 Å². The van der Waals surface area contributed by atoms with E-state index in [1.54, 1.807) is 0 Å². The van der Waals surface area contributed by atoms with Crippen LogP contribution in [0.4, 0.5) is 0 Å². The molecule has 2 fully saturated rings. The van der Waals surface area contributed by atoms with E-state index in [9.17, 15) is 9.59 Å². The van der Waals surface area contributed by atoms with Gasteiger partial charge in [0.25, 0.3) is 5.91 Å². The molecule has 0 unspecified atom stereocenters. The molecule has 2 N–H and O–H groups in total. The maximum Gasteiger partial charge on any atom is 0.252 e. The first kappa shape index (κ1) is 25.8. The van der Waals surface area contributed by atoms with E-state index in [1.807, 2.05) is 43.3 Å². The Balaban J connectivity index is 1.45. The molecule has 198 valence electrons. The third kappa shape index (κ3) is 5.54. The number of carbonyl (C=O) groups is 2. The van der Waals surface area contributed by atoms with Gasteiger partial charge in [0.05, 0.1) is 24.6 Å².